The van der Waals surface area contributed by atoms with Crippen molar-refractivity contribution >= 4 is 23.5 Å². The molecule has 4 rings (SSSR count). The van der Waals surface area contributed by atoms with E-state index >= 15 is 0 Å². The molecule has 1 fully saturated rings. The number of carbonyl (C=O) groups excluding carboxylic acids is 3. The van der Waals surface area contributed by atoms with Crippen LogP contribution in [0, 0.1) is 5.92 Å². The number of aromatic nitrogens is 2. The zero-order valence-electron chi connectivity index (χ0n) is 19.9. The maximum Gasteiger partial charge on any atom is 0.340 e. The van der Waals surface area contributed by atoms with Gasteiger partial charge < -0.3 is 15.0 Å². The molecule has 2 amide bonds. The molecule has 0 spiro atoms. The van der Waals surface area contributed by atoms with Crippen molar-refractivity contribution in [3.05, 3.63) is 77.7 Å². The predicted molar refractivity (Wildman–Crippen MR) is 132 cm³/mol. The number of ether oxygens (including phenoxy) is 1. The van der Waals surface area contributed by atoms with Gasteiger partial charge in [0.1, 0.15) is 0 Å². The minimum Gasteiger partial charge on any atom is -0.465 e. The molecule has 0 saturated heterocycles. The van der Waals surface area contributed by atoms with Crippen LogP contribution in [0.15, 0.2) is 61.1 Å². The Kier molecular flexibility index (Phi) is 7.50. The van der Waals surface area contributed by atoms with Crippen molar-refractivity contribution in [3.8, 4) is 11.3 Å². The highest BCUT2D eigenvalue weighted by Crippen LogP contribution is 2.34. The van der Waals surface area contributed by atoms with Crippen LogP contribution in [0.2, 0.25) is 0 Å². The number of pyridine rings is 2. The zero-order chi connectivity index (χ0) is 24.8. The van der Waals surface area contributed by atoms with Crippen molar-refractivity contribution in [1.29, 1.82) is 0 Å². The van der Waals surface area contributed by atoms with Gasteiger partial charge in [0.15, 0.2) is 0 Å². The molecule has 1 saturated carbocycles. The molecule has 35 heavy (non-hydrogen) atoms. The Labute approximate surface area is 204 Å². The third-order valence-corrected chi connectivity index (χ3v) is 5.95. The maximum atomic E-state index is 12.6. The topological polar surface area (TPSA) is 101 Å². The normalized spacial score (nSPS) is 12.6. The van der Waals surface area contributed by atoms with Gasteiger partial charge >= 0.3 is 5.97 Å². The lowest BCUT2D eigenvalue weighted by molar-refractivity contribution is -0.116. The molecule has 1 aliphatic carbocycles. The van der Waals surface area contributed by atoms with E-state index in [1.807, 2.05) is 18.2 Å². The number of nitrogens with zero attached hydrogens (tertiary/aromatic N) is 3. The Hall–Kier alpha value is -4.07. The van der Waals surface area contributed by atoms with Crippen molar-refractivity contribution in [3.63, 3.8) is 0 Å². The molecule has 0 unspecified atom stereocenters. The van der Waals surface area contributed by atoms with E-state index in [0.29, 0.717) is 53.5 Å². The molecule has 180 valence electrons. The summed E-state index contributed by atoms with van der Waals surface area (Å²) in [5, 5.41) is 2.88. The molecule has 2 aromatic heterocycles. The smallest absolute Gasteiger partial charge is 0.340 e. The fourth-order valence-corrected chi connectivity index (χ4v) is 3.83. The Bertz CT molecular complexity index is 1210. The molecule has 8 nitrogen and oxygen atoms in total. The average molecular weight is 473 g/mol. The van der Waals surface area contributed by atoms with Crippen LogP contribution in [-0.4, -0.2) is 48.0 Å². The third-order valence-electron chi connectivity index (χ3n) is 5.95. The average Bonchev–Trinajstić information content (AvgIpc) is 3.71. The Morgan fingerprint density at radius 2 is 1.94 bits per heavy atom. The van der Waals surface area contributed by atoms with Crippen LogP contribution in [0.1, 0.15) is 46.0 Å². The van der Waals surface area contributed by atoms with Gasteiger partial charge in [-0.25, -0.2) is 4.79 Å². The van der Waals surface area contributed by atoms with E-state index in [1.165, 1.54) is 20.2 Å². The lowest BCUT2D eigenvalue weighted by Gasteiger charge is -2.23. The minimum absolute atomic E-state index is 0.119. The van der Waals surface area contributed by atoms with Crippen LogP contribution < -0.4 is 10.2 Å². The molecule has 1 N–H and O–H groups in total. The van der Waals surface area contributed by atoms with Crippen LogP contribution in [0.5, 0.6) is 0 Å². The number of hydrogen-bond donors (Lipinski definition) is 1. The second-order valence-electron chi connectivity index (χ2n) is 8.60. The molecular formula is C27H28N4O4. The van der Waals surface area contributed by atoms with Gasteiger partial charge in [0.25, 0.3) is 5.91 Å². The first kappa shape index (κ1) is 24.1. The van der Waals surface area contributed by atoms with E-state index in [-0.39, 0.29) is 11.8 Å². The molecule has 8 heteroatoms. The Morgan fingerprint density at radius 3 is 2.57 bits per heavy atom. The van der Waals surface area contributed by atoms with Crippen LogP contribution in [0.3, 0.4) is 0 Å². The lowest BCUT2D eigenvalue weighted by atomic mass is 10.0. The molecule has 1 aliphatic rings. The number of amides is 2. The number of benzene rings is 1. The van der Waals surface area contributed by atoms with Gasteiger partial charge in [-0.1, -0.05) is 12.1 Å². The Morgan fingerprint density at radius 1 is 1.11 bits per heavy atom. The van der Waals surface area contributed by atoms with Crippen molar-refractivity contribution in [2.24, 2.45) is 5.92 Å². The van der Waals surface area contributed by atoms with Crippen molar-refractivity contribution < 1.29 is 19.1 Å². The van der Waals surface area contributed by atoms with Crippen molar-refractivity contribution in [1.82, 2.24) is 15.3 Å². The van der Waals surface area contributed by atoms with E-state index in [0.717, 1.165) is 18.4 Å². The highest BCUT2D eigenvalue weighted by molar-refractivity contribution is 6.03. The molecule has 2 heterocycles. The summed E-state index contributed by atoms with van der Waals surface area (Å²) in [6.45, 7) is 2.57. The van der Waals surface area contributed by atoms with Crippen molar-refractivity contribution in [2.45, 2.75) is 26.2 Å². The first-order chi connectivity index (χ1) is 17.0. The molecule has 0 radical (unpaired) electrons. The van der Waals surface area contributed by atoms with Crippen molar-refractivity contribution in [2.75, 3.05) is 25.1 Å². The summed E-state index contributed by atoms with van der Waals surface area (Å²) in [4.78, 5) is 47.5. The zero-order valence-corrected chi connectivity index (χ0v) is 19.9. The second kappa shape index (κ2) is 10.9. The second-order valence-corrected chi connectivity index (χ2v) is 8.60. The number of anilines is 1. The Balaban J connectivity index is 1.49. The van der Waals surface area contributed by atoms with Crippen LogP contribution in [0.4, 0.5) is 5.69 Å². The van der Waals surface area contributed by atoms with E-state index in [1.54, 1.807) is 41.6 Å². The summed E-state index contributed by atoms with van der Waals surface area (Å²) in [6.07, 6.45) is 7.86. The number of carbonyl (C=O) groups is 3. The molecule has 0 bridgehead atoms. The van der Waals surface area contributed by atoms with Crippen LogP contribution in [0.25, 0.3) is 11.3 Å². The highest BCUT2D eigenvalue weighted by atomic mass is 16.5. The first-order valence-electron chi connectivity index (χ1n) is 11.6. The number of esters is 1. The third kappa shape index (κ3) is 6.09. The highest BCUT2D eigenvalue weighted by Gasteiger charge is 2.29. The number of rotatable bonds is 9. The number of hydrogen-bond acceptors (Lipinski definition) is 6. The summed E-state index contributed by atoms with van der Waals surface area (Å²) in [5.41, 5.74) is 3.62. The SMILES string of the molecule is COC(=O)c1cc(-c2ccc(C(=O)NCCc3cccnc3)cn2)ccc1N(CC1CC1)C(C)=O. The van der Waals surface area contributed by atoms with E-state index in [4.69, 9.17) is 4.74 Å². The van der Waals surface area contributed by atoms with Gasteiger partial charge in [-0.3, -0.25) is 19.6 Å². The van der Waals surface area contributed by atoms with E-state index < -0.39 is 5.97 Å². The van der Waals surface area contributed by atoms with E-state index in [9.17, 15) is 14.4 Å². The van der Waals surface area contributed by atoms with Gasteiger partial charge in [-0.2, -0.15) is 0 Å². The van der Waals surface area contributed by atoms with Gasteiger partial charge in [-0.15, -0.1) is 0 Å². The summed E-state index contributed by atoms with van der Waals surface area (Å²) in [5.74, 6) is -0.384. The van der Waals surface area contributed by atoms with Crippen LogP contribution >= 0.6 is 0 Å². The monoisotopic (exact) mass is 472 g/mol. The van der Waals surface area contributed by atoms with Gasteiger partial charge in [0.05, 0.1) is 29.6 Å². The predicted octanol–water partition coefficient (Wildman–Crippen LogP) is 3.67. The summed E-state index contributed by atoms with van der Waals surface area (Å²) in [7, 11) is 1.32. The lowest BCUT2D eigenvalue weighted by Crippen LogP contribution is -2.32. The number of nitrogens with one attached hydrogen (secondary N) is 1. The minimum atomic E-state index is -0.520. The van der Waals surface area contributed by atoms with Gasteiger partial charge in [0, 0.05) is 44.2 Å². The summed E-state index contributed by atoms with van der Waals surface area (Å²) in [6, 6.07) is 12.5. The van der Waals surface area contributed by atoms with Gasteiger partial charge in [-0.05, 0) is 61.1 Å². The maximum absolute atomic E-state index is 12.6. The quantitative estimate of drug-likeness (QED) is 0.477. The fraction of sp³-hybridized carbons (Fsp3) is 0.296. The summed E-state index contributed by atoms with van der Waals surface area (Å²) >= 11 is 0. The number of methoxy groups -OCH3 is 1. The molecule has 0 aliphatic heterocycles. The van der Waals surface area contributed by atoms with Gasteiger partial charge in [0.2, 0.25) is 5.91 Å². The molecule has 0 atom stereocenters. The van der Waals surface area contributed by atoms with E-state index in [2.05, 4.69) is 15.3 Å². The van der Waals surface area contributed by atoms with Crippen LogP contribution in [-0.2, 0) is 16.0 Å². The standard InChI is InChI=1S/C27H28N4O4/c1-18(32)31(17-20-5-6-20)25-10-8-21(14-23(25)27(34)35-2)24-9-7-22(16-30-24)26(33)29-13-11-19-4-3-12-28-15-19/h3-4,7-10,12,14-16,20H,5-6,11,13,17H2,1-2H3,(H,29,33). The largest absolute Gasteiger partial charge is 0.465 e. The fourth-order valence-electron chi connectivity index (χ4n) is 3.83. The molecule has 3 aromatic rings. The molecule has 1 aromatic carbocycles. The first-order valence-corrected chi connectivity index (χ1v) is 11.6. The molecular weight excluding hydrogens is 444 g/mol. The summed E-state index contributed by atoms with van der Waals surface area (Å²) < 4.78 is 4.98.